The van der Waals surface area contributed by atoms with Crippen molar-refractivity contribution in [1.29, 1.82) is 0 Å². The fourth-order valence-corrected chi connectivity index (χ4v) is 0. The van der Waals surface area contributed by atoms with Crippen LogP contribution in [0.1, 0.15) is 0 Å². The van der Waals surface area contributed by atoms with Crippen LogP contribution in [0.3, 0.4) is 0 Å². The summed E-state index contributed by atoms with van der Waals surface area (Å²) in [4.78, 5) is 0. The van der Waals surface area contributed by atoms with E-state index in [1.54, 1.807) is 0 Å². The van der Waals surface area contributed by atoms with Crippen LogP contribution in [0.25, 0.3) is 0 Å². The molecule has 4 heteroatoms. The van der Waals surface area contributed by atoms with E-state index in [2.05, 4.69) is 0 Å². The Morgan fingerprint density at radius 1 is 1.00 bits per heavy atom. The fourth-order valence-electron chi connectivity index (χ4n) is 0. The zero-order valence-corrected chi connectivity index (χ0v) is 5.52. The van der Waals surface area contributed by atoms with Crippen molar-refractivity contribution in [2.75, 3.05) is 0 Å². The zero-order chi connectivity index (χ0) is 0. The molecule has 21 valence electrons. The van der Waals surface area contributed by atoms with Crippen LogP contribution in [0, 0.1) is 0 Å². The van der Waals surface area contributed by atoms with Gasteiger partial charge in [0.05, 0.1) is 0 Å². The summed E-state index contributed by atoms with van der Waals surface area (Å²) < 4.78 is 0. The van der Waals surface area contributed by atoms with E-state index in [1.807, 2.05) is 0 Å². The molecule has 0 aliphatic carbocycles. The van der Waals surface area contributed by atoms with Gasteiger partial charge in [-0.2, -0.15) is 0 Å². The van der Waals surface area contributed by atoms with Crippen LogP contribution in [0.15, 0.2) is 0 Å². The summed E-state index contributed by atoms with van der Waals surface area (Å²) in [7, 11) is 0. The van der Waals surface area contributed by atoms with Crippen LogP contribution < -0.4 is 0 Å². The van der Waals surface area contributed by atoms with E-state index in [0.717, 1.165) is 0 Å². The van der Waals surface area contributed by atoms with E-state index in [0.29, 0.717) is 0 Å². The minimum absolute atomic E-state index is 0. The molecule has 4 heavy (non-hydrogen) atoms. The topological polar surface area (TPSA) is 0 Å². The maximum atomic E-state index is 0. The van der Waals surface area contributed by atoms with Gasteiger partial charge in [-0.05, 0) is 11.0 Å². The van der Waals surface area contributed by atoms with Crippen LogP contribution in [0.4, 0.5) is 0 Å². The Morgan fingerprint density at radius 2 is 1.00 bits per heavy atom. The van der Waals surface area contributed by atoms with Crippen LogP contribution in [0.2, 0.25) is 0 Å². The van der Waals surface area contributed by atoms with Gasteiger partial charge in [0.1, 0.15) is 0 Å². The second-order valence-electron chi connectivity index (χ2n) is 0. The van der Waals surface area contributed by atoms with Crippen molar-refractivity contribution < 1.29 is 38.0 Å². The van der Waals surface area contributed by atoms with Crippen LogP contribution >= 0.6 is 0 Å². The quantitative estimate of drug-likeness (QED) is 0.356. The SMILES string of the molecule is [AlH3].[SiH4].[V].[Zn]. The predicted molar refractivity (Wildman–Crippen MR) is 21.3 cm³/mol. The summed E-state index contributed by atoms with van der Waals surface area (Å²) in [5, 5.41) is 0. The van der Waals surface area contributed by atoms with Gasteiger partial charge in [0, 0.05) is 38.0 Å². The Bertz CT molecular complexity index is 8.00. The molecule has 0 aromatic heterocycles. The molecule has 0 heterocycles. The monoisotopic (exact) mass is 177 g/mol. The maximum Gasteiger partial charge on any atom is 0.187 e. The first kappa shape index (κ1) is 38.2. The van der Waals surface area contributed by atoms with Crippen molar-refractivity contribution in [3.63, 3.8) is 0 Å². The summed E-state index contributed by atoms with van der Waals surface area (Å²) in [5.41, 5.74) is 0. The van der Waals surface area contributed by atoms with E-state index in [-0.39, 0.29) is 66.4 Å². The average Bonchev–Trinajstić information content (AvgIpc) is 0. The summed E-state index contributed by atoms with van der Waals surface area (Å²) in [6.45, 7) is 0. The van der Waals surface area contributed by atoms with Gasteiger partial charge < -0.3 is 0 Å². The average molecular weight is 178 g/mol. The maximum absolute atomic E-state index is 0. The van der Waals surface area contributed by atoms with E-state index in [4.69, 9.17) is 0 Å². The molecule has 0 saturated carbocycles. The van der Waals surface area contributed by atoms with Crippen LogP contribution in [-0.2, 0) is 38.0 Å². The van der Waals surface area contributed by atoms with Crippen LogP contribution in [-0.4, -0.2) is 28.3 Å². The molecule has 0 aliphatic heterocycles. The van der Waals surface area contributed by atoms with Crippen molar-refractivity contribution >= 4 is 28.3 Å². The Kier molecular flexibility index (Phi) is 194. The molecular formula is H7AlSiVZn. The molecule has 0 amide bonds. The molecule has 0 aromatic rings. The minimum Gasteiger partial charge on any atom is -0.0149 e. The summed E-state index contributed by atoms with van der Waals surface area (Å²) in [6.07, 6.45) is 0. The van der Waals surface area contributed by atoms with Gasteiger partial charge in [0.25, 0.3) is 0 Å². The van der Waals surface area contributed by atoms with Gasteiger partial charge in [-0.25, -0.2) is 0 Å². The molecule has 0 bridgehead atoms. The van der Waals surface area contributed by atoms with Crippen LogP contribution in [0.5, 0.6) is 0 Å². The number of hydrogen-bond acceptors (Lipinski definition) is 0. The first-order valence-corrected chi connectivity index (χ1v) is 0. The van der Waals surface area contributed by atoms with Crippen molar-refractivity contribution in [2.45, 2.75) is 0 Å². The van der Waals surface area contributed by atoms with Gasteiger partial charge in [-0.1, -0.05) is 0 Å². The van der Waals surface area contributed by atoms with Gasteiger partial charge in [-0.15, -0.1) is 0 Å². The Morgan fingerprint density at radius 3 is 1.00 bits per heavy atom. The Labute approximate surface area is 65.9 Å². The van der Waals surface area contributed by atoms with E-state index in [9.17, 15) is 0 Å². The summed E-state index contributed by atoms with van der Waals surface area (Å²) in [6, 6.07) is 0. The number of hydrogen-bond donors (Lipinski definition) is 0. The molecule has 1 radical (unpaired) electrons. The molecule has 0 saturated heterocycles. The molecule has 0 rings (SSSR count). The second-order valence-corrected chi connectivity index (χ2v) is 0. The smallest absolute Gasteiger partial charge is 0.0149 e. The molecule has 0 spiro atoms. The Balaban J connectivity index is 0. The molecule has 0 aliphatic rings. The minimum atomic E-state index is 0. The largest absolute Gasteiger partial charge is 0.187 e. The van der Waals surface area contributed by atoms with E-state index < -0.39 is 0 Å². The third kappa shape index (κ3) is 9.03. The molecule has 0 atom stereocenters. The first-order chi connectivity index (χ1) is 0. The van der Waals surface area contributed by atoms with Gasteiger partial charge in [0.15, 0.2) is 17.4 Å². The molecular weight excluding hydrogens is 171 g/mol. The van der Waals surface area contributed by atoms with E-state index in [1.165, 1.54) is 0 Å². The van der Waals surface area contributed by atoms with Crippen molar-refractivity contribution in [3.8, 4) is 0 Å². The van der Waals surface area contributed by atoms with Crippen molar-refractivity contribution in [1.82, 2.24) is 0 Å². The number of rotatable bonds is 0. The van der Waals surface area contributed by atoms with Gasteiger partial charge in [-0.3, -0.25) is 0 Å². The first-order valence-electron chi connectivity index (χ1n) is 0. The predicted octanol–water partition coefficient (Wildman–Crippen LogP) is -2.64. The zero-order valence-electron chi connectivity index (χ0n) is 1.15. The molecule has 0 fully saturated rings. The summed E-state index contributed by atoms with van der Waals surface area (Å²) >= 11 is 0. The van der Waals surface area contributed by atoms with Crippen molar-refractivity contribution in [2.24, 2.45) is 0 Å². The standard InChI is InChI=1S/Al.H4Si.V.Zn.3H/h;1H4;;;;;. The van der Waals surface area contributed by atoms with Gasteiger partial charge in [0.2, 0.25) is 0 Å². The van der Waals surface area contributed by atoms with Crippen molar-refractivity contribution in [3.05, 3.63) is 0 Å². The van der Waals surface area contributed by atoms with Gasteiger partial charge >= 0.3 is 0 Å². The third-order valence-electron chi connectivity index (χ3n) is 0. The molecule has 0 N–H and O–H groups in total. The summed E-state index contributed by atoms with van der Waals surface area (Å²) in [5.74, 6) is 0. The fraction of sp³-hybridized carbons (Fsp3) is 0. The molecule has 0 nitrogen and oxygen atoms in total. The molecule has 0 unspecified atom stereocenters. The van der Waals surface area contributed by atoms with E-state index >= 15 is 0 Å². The molecule has 0 aromatic carbocycles. The normalized spacial score (nSPS) is 0. The Hall–Kier alpha value is 1.96. The second kappa shape index (κ2) is 20.3. The third-order valence-corrected chi connectivity index (χ3v) is 0.